The van der Waals surface area contributed by atoms with Gasteiger partial charge in [0.25, 0.3) is 0 Å². The molecule has 1 atom stereocenters. The SMILES string of the molecule is CCN(CC)CCN1CCCC(CC)(C(=O)O)C1. The lowest BCUT2D eigenvalue weighted by molar-refractivity contribution is -0.153. The molecule has 4 nitrogen and oxygen atoms in total. The van der Waals surface area contributed by atoms with E-state index in [4.69, 9.17) is 0 Å². The van der Waals surface area contributed by atoms with Crippen molar-refractivity contribution >= 4 is 5.97 Å². The van der Waals surface area contributed by atoms with Gasteiger partial charge >= 0.3 is 5.97 Å². The second kappa shape index (κ2) is 7.10. The lowest BCUT2D eigenvalue weighted by Crippen LogP contribution is -2.49. The minimum atomic E-state index is -0.613. The molecule has 0 aromatic heterocycles. The van der Waals surface area contributed by atoms with E-state index in [1.165, 1.54) is 0 Å². The van der Waals surface area contributed by atoms with Gasteiger partial charge in [-0.05, 0) is 38.9 Å². The van der Waals surface area contributed by atoms with E-state index in [1.807, 2.05) is 6.92 Å². The quantitative estimate of drug-likeness (QED) is 0.755. The van der Waals surface area contributed by atoms with E-state index in [2.05, 4.69) is 23.6 Å². The predicted molar refractivity (Wildman–Crippen MR) is 73.8 cm³/mol. The second-order valence-corrected chi connectivity index (χ2v) is 5.35. The maximum atomic E-state index is 11.5. The van der Waals surface area contributed by atoms with Crippen LogP contribution in [-0.2, 0) is 4.79 Å². The van der Waals surface area contributed by atoms with Crippen molar-refractivity contribution in [3.8, 4) is 0 Å². The Bertz CT molecular complexity index is 267. The summed E-state index contributed by atoms with van der Waals surface area (Å²) < 4.78 is 0. The first-order valence-electron chi connectivity index (χ1n) is 7.26. The number of carboxylic acids is 1. The van der Waals surface area contributed by atoms with Crippen LogP contribution in [0.25, 0.3) is 0 Å². The number of nitrogens with zero attached hydrogens (tertiary/aromatic N) is 2. The van der Waals surface area contributed by atoms with Crippen molar-refractivity contribution in [3.63, 3.8) is 0 Å². The molecule has 0 aromatic rings. The fraction of sp³-hybridized carbons (Fsp3) is 0.929. The molecule has 1 rings (SSSR count). The molecule has 0 bridgehead atoms. The molecule has 1 saturated heterocycles. The van der Waals surface area contributed by atoms with Gasteiger partial charge in [0, 0.05) is 19.6 Å². The highest BCUT2D eigenvalue weighted by Gasteiger charge is 2.40. The van der Waals surface area contributed by atoms with E-state index in [-0.39, 0.29) is 0 Å². The van der Waals surface area contributed by atoms with Gasteiger partial charge in [-0.25, -0.2) is 0 Å². The first-order chi connectivity index (χ1) is 8.57. The van der Waals surface area contributed by atoms with Crippen LogP contribution < -0.4 is 0 Å². The lowest BCUT2D eigenvalue weighted by atomic mass is 9.77. The molecule has 106 valence electrons. The summed E-state index contributed by atoms with van der Waals surface area (Å²) in [5.74, 6) is -0.613. The molecule has 0 amide bonds. The van der Waals surface area contributed by atoms with Crippen molar-refractivity contribution in [2.45, 2.75) is 40.0 Å². The fourth-order valence-electron chi connectivity index (χ4n) is 2.86. The van der Waals surface area contributed by atoms with Crippen LogP contribution in [-0.4, -0.2) is 60.1 Å². The first kappa shape index (κ1) is 15.4. The highest BCUT2D eigenvalue weighted by Crippen LogP contribution is 2.33. The van der Waals surface area contributed by atoms with Gasteiger partial charge in [-0.2, -0.15) is 0 Å². The summed E-state index contributed by atoms with van der Waals surface area (Å²) >= 11 is 0. The zero-order valence-electron chi connectivity index (χ0n) is 12.1. The largest absolute Gasteiger partial charge is 0.481 e. The molecule has 1 aliphatic heterocycles. The van der Waals surface area contributed by atoms with Gasteiger partial charge in [0.15, 0.2) is 0 Å². The minimum absolute atomic E-state index is 0.499. The molecule has 0 spiro atoms. The summed E-state index contributed by atoms with van der Waals surface area (Å²) in [6, 6.07) is 0. The fourth-order valence-corrected chi connectivity index (χ4v) is 2.86. The Balaban J connectivity index is 2.50. The van der Waals surface area contributed by atoms with Crippen LogP contribution >= 0.6 is 0 Å². The van der Waals surface area contributed by atoms with Gasteiger partial charge in [-0.15, -0.1) is 0 Å². The summed E-state index contributed by atoms with van der Waals surface area (Å²) in [6.45, 7) is 12.3. The van der Waals surface area contributed by atoms with Crippen molar-refractivity contribution < 1.29 is 9.90 Å². The third-order valence-electron chi connectivity index (χ3n) is 4.41. The molecule has 1 aliphatic rings. The maximum absolute atomic E-state index is 11.5. The summed E-state index contributed by atoms with van der Waals surface area (Å²) in [7, 11) is 0. The van der Waals surface area contributed by atoms with E-state index >= 15 is 0 Å². The normalized spacial score (nSPS) is 25.6. The number of carbonyl (C=O) groups is 1. The van der Waals surface area contributed by atoms with Crippen molar-refractivity contribution in [3.05, 3.63) is 0 Å². The van der Waals surface area contributed by atoms with Crippen LogP contribution in [0.2, 0.25) is 0 Å². The van der Waals surface area contributed by atoms with Gasteiger partial charge in [0.2, 0.25) is 0 Å². The van der Waals surface area contributed by atoms with E-state index in [0.29, 0.717) is 0 Å². The van der Waals surface area contributed by atoms with E-state index in [1.54, 1.807) is 0 Å². The highest BCUT2D eigenvalue weighted by molar-refractivity contribution is 5.75. The van der Waals surface area contributed by atoms with Crippen LogP contribution in [0.5, 0.6) is 0 Å². The molecule has 0 saturated carbocycles. The number of piperidine rings is 1. The number of rotatable bonds is 7. The van der Waals surface area contributed by atoms with Gasteiger partial charge < -0.3 is 14.9 Å². The Kier molecular flexibility index (Phi) is 6.09. The Hall–Kier alpha value is -0.610. The third-order valence-corrected chi connectivity index (χ3v) is 4.41. The molecule has 0 radical (unpaired) electrons. The molecule has 18 heavy (non-hydrogen) atoms. The van der Waals surface area contributed by atoms with Gasteiger partial charge in [0.05, 0.1) is 5.41 Å². The van der Waals surface area contributed by atoms with Gasteiger partial charge in [0.1, 0.15) is 0 Å². The van der Waals surface area contributed by atoms with Crippen LogP contribution in [0, 0.1) is 5.41 Å². The molecule has 1 fully saturated rings. The Morgan fingerprint density at radius 3 is 2.50 bits per heavy atom. The van der Waals surface area contributed by atoms with Crippen LogP contribution in [0.4, 0.5) is 0 Å². The Morgan fingerprint density at radius 1 is 1.33 bits per heavy atom. The Labute approximate surface area is 111 Å². The second-order valence-electron chi connectivity index (χ2n) is 5.35. The minimum Gasteiger partial charge on any atom is -0.481 e. The maximum Gasteiger partial charge on any atom is 0.310 e. The standard InChI is InChI=1S/C14H28N2O2/c1-4-14(13(17)18)8-7-9-16(12-14)11-10-15(5-2)6-3/h4-12H2,1-3H3,(H,17,18). The lowest BCUT2D eigenvalue weighted by Gasteiger charge is -2.40. The number of carboxylic acid groups (broad SMARTS) is 1. The van der Waals surface area contributed by atoms with E-state index < -0.39 is 11.4 Å². The average Bonchev–Trinajstić information content (AvgIpc) is 2.40. The molecule has 4 heteroatoms. The van der Waals surface area contributed by atoms with Gasteiger partial charge in [-0.1, -0.05) is 20.8 Å². The number of likely N-dealkylation sites (N-methyl/N-ethyl adjacent to an activating group) is 1. The van der Waals surface area contributed by atoms with Crippen LogP contribution in [0.3, 0.4) is 0 Å². The summed E-state index contributed by atoms with van der Waals surface area (Å²) in [5.41, 5.74) is -0.499. The average molecular weight is 256 g/mol. The highest BCUT2D eigenvalue weighted by atomic mass is 16.4. The number of likely N-dealkylation sites (tertiary alicyclic amines) is 1. The molecule has 0 aliphatic carbocycles. The van der Waals surface area contributed by atoms with Gasteiger partial charge in [-0.3, -0.25) is 4.79 Å². The van der Waals surface area contributed by atoms with Crippen molar-refractivity contribution in [2.75, 3.05) is 39.3 Å². The van der Waals surface area contributed by atoms with Crippen molar-refractivity contribution in [1.29, 1.82) is 0 Å². The summed E-state index contributed by atoms with van der Waals surface area (Å²) in [6.07, 6.45) is 2.59. The van der Waals surface area contributed by atoms with Crippen molar-refractivity contribution in [2.24, 2.45) is 5.41 Å². The predicted octanol–water partition coefficient (Wildman–Crippen LogP) is 1.91. The van der Waals surface area contributed by atoms with E-state index in [0.717, 1.165) is 58.5 Å². The Morgan fingerprint density at radius 2 is 2.00 bits per heavy atom. The third kappa shape index (κ3) is 3.69. The van der Waals surface area contributed by atoms with Crippen LogP contribution in [0.15, 0.2) is 0 Å². The molecule has 1 unspecified atom stereocenters. The van der Waals surface area contributed by atoms with Crippen molar-refractivity contribution in [1.82, 2.24) is 9.80 Å². The topological polar surface area (TPSA) is 43.8 Å². The molecular formula is C14H28N2O2. The molecular weight excluding hydrogens is 228 g/mol. The molecule has 1 N–H and O–H groups in total. The zero-order chi connectivity index (χ0) is 13.6. The van der Waals surface area contributed by atoms with E-state index in [9.17, 15) is 9.90 Å². The molecule has 0 aromatic carbocycles. The summed E-state index contributed by atoms with van der Waals surface area (Å²) in [5, 5.41) is 9.44. The smallest absolute Gasteiger partial charge is 0.310 e. The summed E-state index contributed by atoms with van der Waals surface area (Å²) in [4.78, 5) is 16.2. The number of hydrogen-bond acceptors (Lipinski definition) is 3. The molecule has 1 heterocycles. The monoisotopic (exact) mass is 256 g/mol. The van der Waals surface area contributed by atoms with Crippen LogP contribution in [0.1, 0.15) is 40.0 Å². The zero-order valence-corrected chi connectivity index (χ0v) is 12.1. The number of hydrogen-bond donors (Lipinski definition) is 1. The number of aliphatic carboxylic acids is 1. The first-order valence-corrected chi connectivity index (χ1v) is 7.26.